The van der Waals surface area contributed by atoms with Crippen molar-refractivity contribution in [1.82, 2.24) is 4.98 Å². The molecule has 0 aliphatic rings. The third-order valence-electron chi connectivity index (χ3n) is 2.74. The van der Waals surface area contributed by atoms with Crippen LogP contribution in [0.25, 0.3) is 11.3 Å². The van der Waals surface area contributed by atoms with Crippen LogP contribution >= 0.6 is 0 Å². The molecule has 1 N–H and O–H groups in total. The van der Waals surface area contributed by atoms with E-state index in [0.717, 1.165) is 0 Å². The van der Waals surface area contributed by atoms with Crippen LogP contribution < -0.4 is 4.74 Å². The van der Waals surface area contributed by atoms with Gasteiger partial charge < -0.3 is 18.7 Å². The lowest BCUT2D eigenvalue weighted by Crippen LogP contribution is -2.17. The van der Waals surface area contributed by atoms with Crippen LogP contribution in [0.2, 0.25) is 0 Å². The van der Waals surface area contributed by atoms with Crippen LogP contribution in [0.4, 0.5) is 13.2 Å². The molecule has 1 aromatic carbocycles. The number of nitrogens with zero attached hydrogens (tertiary/aromatic N) is 1. The van der Waals surface area contributed by atoms with Gasteiger partial charge in [-0.15, -0.1) is 13.2 Å². The molecule has 0 saturated carbocycles. The fourth-order valence-corrected chi connectivity index (χ4v) is 1.73. The van der Waals surface area contributed by atoms with Crippen molar-refractivity contribution in [1.29, 1.82) is 0 Å². The van der Waals surface area contributed by atoms with E-state index in [-0.39, 0.29) is 11.3 Å². The van der Waals surface area contributed by atoms with Crippen LogP contribution in [0.15, 0.2) is 57.9 Å². The van der Waals surface area contributed by atoms with Gasteiger partial charge in [-0.25, -0.2) is 9.78 Å². The molecular formula is C16H12F3NO5. The summed E-state index contributed by atoms with van der Waals surface area (Å²) in [6.45, 7) is 1.65. The number of carboxylic acids is 1. The van der Waals surface area contributed by atoms with Crippen molar-refractivity contribution in [2.24, 2.45) is 0 Å². The lowest BCUT2D eigenvalue weighted by molar-refractivity contribution is -0.274. The molecule has 3 rings (SSSR count). The third kappa shape index (κ3) is 5.72. The molecule has 2 heterocycles. The van der Waals surface area contributed by atoms with Crippen LogP contribution in [0.1, 0.15) is 16.2 Å². The molecule has 0 bridgehead atoms. The summed E-state index contributed by atoms with van der Waals surface area (Å²) in [5.74, 6) is -0.403. The Morgan fingerprint density at radius 2 is 2.04 bits per heavy atom. The van der Waals surface area contributed by atoms with Gasteiger partial charge in [0.15, 0.2) is 11.7 Å². The molecule has 0 saturated heterocycles. The summed E-state index contributed by atoms with van der Waals surface area (Å²) < 4.78 is 49.6. The standard InChI is InChI=1S/C11H8F3NO2.C5H4O3/c1-7-15-6-10(16-7)8-3-2-4-9(5-8)17-11(12,13)14;6-5(7)4-1-2-8-3-4/h2-6H,1H3;1-3H,(H,6,7). The fraction of sp³-hybridized carbons (Fsp3) is 0.125. The molecule has 0 unspecified atom stereocenters. The van der Waals surface area contributed by atoms with Gasteiger partial charge in [-0.2, -0.15) is 0 Å². The zero-order chi connectivity index (χ0) is 18.4. The van der Waals surface area contributed by atoms with Crippen molar-refractivity contribution in [2.75, 3.05) is 0 Å². The zero-order valence-corrected chi connectivity index (χ0v) is 12.8. The maximum absolute atomic E-state index is 12.0. The van der Waals surface area contributed by atoms with Crippen LogP contribution in [0.3, 0.4) is 0 Å². The summed E-state index contributed by atoms with van der Waals surface area (Å²) in [6.07, 6.45) is -0.746. The maximum atomic E-state index is 12.0. The Hall–Kier alpha value is -3.23. The molecule has 25 heavy (non-hydrogen) atoms. The molecule has 0 fully saturated rings. The van der Waals surface area contributed by atoms with Gasteiger partial charge in [0.05, 0.1) is 18.0 Å². The highest BCUT2D eigenvalue weighted by Gasteiger charge is 2.31. The molecule has 0 aliphatic heterocycles. The first kappa shape index (κ1) is 18.1. The molecule has 6 nitrogen and oxygen atoms in total. The SMILES string of the molecule is Cc1ncc(-c2cccc(OC(F)(F)F)c2)o1.O=C(O)c1ccoc1. The van der Waals surface area contributed by atoms with E-state index in [0.29, 0.717) is 17.2 Å². The largest absolute Gasteiger partial charge is 0.573 e. The van der Waals surface area contributed by atoms with E-state index in [1.807, 2.05) is 0 Å². The van der Waals surface area contributed by atoms with E-state index in [9.17, 15) is 18.0 Å². The Labute approximate surface area is 139 Å². The molecule has 0 radical (unpaired) electrons. The summed E-state index contributed by atoms with van der Waals surface area (Å²) in [5.41, 5.74) is 0.664. The molecule has 3 aromatic rings. The number of ether oxygens (including phenoxy) is 1. The second-order valence-electron chi connectivity index (χ2n) is 4.64. The van der Waals surface area contributed by atoms with Gasteiger partial charge in [0, 0.05) is 12.5 Å². The first-order chi connectivity index (χ1) is 11.7. The van der Waals surface area contributed by atoms with E-state index in [4.69, 9.17) is 9.52 Å². The van der Waals surface area contributed by atoms with E-state index in [2.05, 4.69) is 14.1 Å². The molecule has 0 spiro atoms. The normalized spacial score (nSPS) is 10.7. The number of alkyl halides is 3. The fourth-order valence-electron chi connectivity index (χ4n) is 1.73. The van der Waals surface area contributed by atoms with Crippen molar-refractivity contribution in [3.8, 4) is 17.1 Å². The van der Waals surface area contributed by atoms with E-state index < -0.39 is 12.3 Å². The summed E-state index contributed by atoms with van der Waals surface area (Å²) >= 11 is 0. The monoisotopic (exact) mass is 355 g/mol. The van der Waals surface area contributed by atoms with Crippen molar-refractivity contribution in [3.63, 3.8) is 0 Å². The number of halogens is 3. The summed E-state index contributed by atoms with van der Waals surface area (Å²) in [7, 11) is 0. The molecular weight excluding hydrogens is 343 g/mol. The highest BCUT2D eigenvalue weighted by atomic mass is 19.4. The lowest BCUT2D eigenvalue weighted by atomic mass is 10.2. The molecule has 0 atom stereocenters. The molecule has 2 aromatic heterocycles. The molecule has 0 aliphatic carbocycles. The highest BCUT2D eigenvalue weighted by Crippen LogP contribution is 2.28. The smallest absolute Gasteiger partial charge is 0.478 e. The number of aromatic carboxylic acids is 1. The minimum Gasteiger partial charge on any atom is -0.478 e. The van der Waals surface area contributed by atoms with Crippen LogP contribution in [0, 0.1) is 6.92 Å². The summed E-state index contributed by atoms with van der Waals surface area (Å²) in [6, 6.07) is 6.92. The molecule has 0 amide bonds. The number of carboxylic acid groups (broad SMARTS) is 1. The first-order valence-electron chi connectivity index (χ1n) is 6.79. The average Bonchev–Trinajstić information content (AvgIpc) is 3.17. The predicted octanol–water partition coefficient (Wildman–Crippen LogP) is 4.53. The van der Waals surface area contributed by atoms with Gasteiger partial charge in [0.25, 0.3) is 0 Å². The van der Waals surface area contributed by atoms with Gasteiger partial charge in [-0.1, -0.05) is 12.1 Å². The predicted molar refractivity (Wildman–Crippen MR) is 79.0 cm³/mol. The Morgan fingerprint density at radius 1 is 1.28 bits per heavy atom. The number of hydrogen-bond acceptors (Lipinski definition) is 5. The van der Waals surface area contributed by atoms with Crippen molar-refractivity contribution in [3.05, 3.63) is 60.5 Å². The number of hydrogen-bond donors (Lipinski definition) is 1. The van der Waals surface area contributed by atoms with Gasteiger partial charge in [-0.05, 0) is 18.2 Å². The second kappa shape index (κ2) is 7.56. The number of carbonyl (C=O) groups is 1. The number of furan rings is 1. The van der Waals surface area contributed by atoms with E-state index in [1.165, 1.54) is 43.0 Å². The van der Waals surface area contributed by atoms with Crippen molar-refractivity contribution in [2.45, 2.75) is 13.3 Å². The Balaban J connectivity index is 0.000000236. The highest BCUT2D eigenvalue weighted by molar-refractivity contribution is 5.86. The Morgan fingerprint density at radius 3 is 2.52 bits per heavy atom. The molecule has 9 heteroatoms. The Kier molecular flexibility index (Phi) is 5.48. The van der Waals surface area contributed by atoms with Gasteiger partial charge >= 0.3 is 12.3 Å². The van der Waals surface area contributed by atoms with Crippen LogP contribution in [-0.4, -0.2) is 22.4 Å². The van der Waals surface area contributed by atoms with Crippen LogP contribution in [0.5, 0.6) is 5.75 Å². The number of aryl methyl sites for hydroxylation is 1. The quantitative estimate of drug-likeness (QED) is 0.743. The average molecular weight is 355 g/mol. The zero-order valence-electron chi connectivity index (χ0n) is 12.8. The molecule has 132 valence electrons. The summed E-state index contributed by atoms with van der Waals surface area (Å²) in [5, 5.41) is 8.21. The van der Waals surface area contributed by atoms with E-state index >= 15 is 0 Å². The van der Waals surface area contributed by atoms with Crippen molar-refractivity contribution >= 4 is 5.97 Å². The van der Waals surface area contributed by atoms with E-state index in [1.54, 1.807) is 13.0 Å². The van der Waals surface area contributed by atoms with Crippen LogP contribution in [-0.2, 0) is 0 Å². The minimum absolute atomic E-state index is 0.185. The number of rotatable bonds is 3. The van der Waals surface area contributed by atoms with Crippen molar-refractivity contribution < 1.29 is 36.6 Å². The van der Waals surface area contributed by atoms with Gasteiger partial charge in [-0.3, -0.25) is 0 Å². The number of aromatic nitrogens is 1. The first-order valence-corrected chi connectivity index (χ1v) is 6.79. The number of benzene rings is 1. The number of oxazole rings is 1. The minimum atomic E-state index is -4.70. The van der Waals surface area contributed by atoms with Gasteiger partial charge in [0.2, 0.25) is 0 Å². The Bertz CT molecular complexity index is 824. The summed E-state index contributed by atoms with van der Waals surface area (Å²) in [4.78, 5) is 13.9. The third-order valence-corrected chi connectivity index (χ3v) is 2.74. The maximum Gasteiger partial charge on any atom is 0.573 e. The van der Waals surface area contributed by atoms with Gasteiger partial charge in [0.1, 0.15) is 12.0 Å². The topological polar surface area (TPSA) is 85.7 Å². The second-order valence-corrected chi connectivity index (χ2v) is 4.64. The lowest BCUT2D eigenvalue weighted by Gasteiger charge is -2.09.